The summed E-state index contributed by atoms with van der Waals surface area (Å²) in [5, 5.41) is 0.915. The van der Waals surface area contributed by atoms with Crippen LogP contribution in [0.25, 0.3) is 11.3 Å². The normalized spacial score (nSPS) is 10.6. The SMILES string of the molecule is Cn1c(C(=O)c2ccc(Cl)nc2)cc(C=O)c1-c1ccc(Cl)cc1. The molecule has 3 aromatic rings. The van der Waals surface area contributed by atoms with Crippen LogP contribution >= 0.6 is 23.2 Å². The van der Waals surface area contributed by atoms with E-state index in [-0.39, 0.29) is 5.78 Å². The van der Waals surface area contributed by atoms with Crippen LogP contribution < -0.4 is 0 Å². The second-order valence-corrected chi connectivity index (χ2v) is 6.04. The van der Waals surface area contributed by atoms with Crippen LogP contribution in [0.3, 0.4) is 0 Å². The second-order valence-electron chi connectivity index (χ2n) is 5.22. The number of hydrogen-bond acceptors (Lipinski definition) is 3. The number of aldehydes is 1. The zero-order chi connectivity index (χ0) is 17.3. The Morgan fingerprint density at radius 2 is 1.83 bits per heavy atom. The smallest absolute Gasteiger partial charge is 0.210 e. The average molecular weight is 359 g/mol. The van der Waals surface area contributed by atoms with Crippen molar-refractivity contribution in [1.82, 2.24) is 9.55 Å². The molecule has 6 heteroatoms. The summed E-state index contributed by atoms with van der Waals surface area (Å²) >= 11 is 11.7. The van der Waals surface area contributed by atoms with Crippen LogP contribution in [0.5, 0.6) is 0 Å². The molecule has 0 N–H and O–H groups in total. The van der Waals surface area contributed by atoms with Crippen molar-refractivity contribution in [2.75, 3.05) is 0 Å². The Balaban J connectivity index is 2.10. The minimum atomic E-state index is -0.231. The number of carbonyl (C=O) groups is 2. The number of hydrogen-bond donors (Lipinski definition) is 0. The molecule has 0 aliphatic rings. The molecule has 0 amide bonds. The zero-order valence-electron chi connectivity index (χ0n) is 12.7. The van der Waals surface area contributed by atoms with Crippen LogP contribution in [0.2, 0.25) is 10.2 Å². The molecule has 1 aromatic carbocycles. The lowest BCUT2D eigenvalue weighted by molar-refractivity contribution is 0.103. The topological polar surface area (TPSA) is 52.0 Å². The van der Waals surface area contributed by atoms with Gasteiger partial charge in [0, 0.05) is 29.4 Å². The van der Waals surface area contributed by atoms with Crippen molar-refractivity contribution in [2.24, 2.45) is 7.05 Å². The number of carbonyl (C=O) groups excluding carboxylic acids is 2. The Morgan fingerprint density at radius 1 is 1.12 bits per heavy atom. The van der Waals surface area contributed by atoms with Crippen LogP contribution in [0, 0.1) is 0 Å². The van der Waals surface area contributed by atoms with Crippen LogP contribution in [-0.4, -0.2) is 21.6 Å². The summed E-state index contributed by atoms with van der Waals surface area (Å²) in [4.78, 5) is 28.1. The average Bonchev–Trinajstić information content (AvgIpc) is 2.92. The number of nitrogens with zero attached hydrogens (tertiary/aromatic N) is 2. The van der Waals surface area contributed by atoms with E-state index in [4.69, 9.17) is 23.2 Å². The highest BCUT2D eigenvalue weighted by atomic mass is 35.5. The van der Waals surface area contributed by atoms with Crippen molar-refractivity contribution < 1.29 is 9.59 Å². The van der Waals surface area contributed by atoms with Gasteiger partial charge < -0.3 is 4.57 Å². The molecule has 2 aromatic heterocycles. The minimum Gasteiger partial charge on any atom is -0.340 e. The largest absolute Gasteiger partial charge is 0.340 e. The third kappa shape index (κ3) is 2.98. The summed E-state index contributed by atoms with van der Waals surface area (Å²) in [6.45, 7) is 0. The molecule has 120 valence electrons. The van der Waals surface area contributed by atoms with Crippen LogP contribution in [-0.2, 0) is 7.05 Å². The van der Waals surface area contributed by atoms with Crippen molar-refractivity contribution in [3.05, 3.63) is 75.7 Å². The van der Waals surface area contributed by atoms with Crippen LogP contribution in [0.15, 0.2) is 48.7 Å². The van der Waals surface area contributed by atoms with Gasteiger partial charge in [-0.1, -0.05) is 35.3 Å². The maximum Gasteiger partial charge on any atom is 0.210 e. The maximum absolute atomic E-state index is 12.7. The fraction of sp³-hybridized carbons (Fsp3) is 0.0556. The second kappa shape index (κ2) is 6.59. The highest BCUT2D eigenvalue weighted by molar-refractivity contribution is 6.30. The van der Waals surface area contributed by atoms with Gasteiger partial charge in [-0.2, -0.15) is 0 Å². The zero-order valence-corrected chi connectivity index (χ0v) is 14.2. The van der Waals surface area contributed by atoms with E-state index in [2.05, 4.69) is 4.98 Å². The fourth-order valence-electron chi connectivity index (χ4n) is 2.56. The van der Waals surface area contributed by atoms with Gasteiger partial charge in [-0.05, 0) is 35.9 Å². The summed E-state index contributed by atoms with van der Waals surface area (Å²) in [6, 6.07) is 11.8. The molecule has 0 saturated heterocycles. The standard InChI is InChI=1S/C18H12Cl2N2O2/c1-22-15(18(24)12-4-7-16(20)21-9-12)8-13(10-23)17(22)11-2-5-14(19)6-3-11/h2-10H,1H3. The van der Waals surface area contributed by atoms with Gasteiger partial charge in [0.2, 0.25) is 5.78 Å². The fourth-order valence-corrected chi connectivity index (χ4v) is 2.80. The Bertz CT molecular complexity index is 913. The molecule has 0 atom stereocenters. The predicted octanol–water partition coefficient (Wildman–Crippen LogP) is 4.44. The first-order valence-electron chi connectivity index (χ1n) is 7.08. The third-order valence-electron chi connectivity index (χ3n) is 3.73. The van der Waals surface area contributed by atoms with Gasteiger partial charge in [-0.3, -0.25) is 9.59 Å². The molecule has 0 aliphatic carbocycles. The van der Waals surface area contributed by atoms with Crippen molar-refractivity contribution in [1.29, 1.82) is 0 Å². The number of rotatable bonds is 4. The summed E-state index contributed by atoms with van der Waals surface area (Å²) in [6.07, 6.45) is 2.15. The molecular formula is C18H12Cl2N2O2. The molecule has 0 bridgehead atoms. The number of ketones is 1. The molecular weight excluding hydrogens is 347 g/mol. The maximum atomic E-state index is 12.7. The first kappa shape index (κ1) is 16.4. The Hall–Kier alpha value is -2.43. The van der Waals surface area contributed by atoms with E-state index in [1.54, 1.807) is 41.9 Å². The Labute approximate surface area is 148 Å². The van der Waals surface area contributed by atoms with Crippen LogP contribution in [0.1, 0.15) is 26.4 Å². The van der Waals surface area contributed by atoms with E-state index in [1.165, 1.54) is 6.20 Å². The molecule has 24 heavy (non-hydrogen) atoms. The monoisotopic (exact) mass is 358 g/mol. The number of aromatic nitrogens is 2. The van der Waals surface area contributed by atoms with Gasteiger partial charge >= 0.3 is 0 Å². The highest BCUT2D eigenvalue weighted by Crippen LogP contribution is 2.28. The molecule has 2 heterocycles. The van der Waals surface area contributed by atoms with Crippen molar-refractivity contribution in [3.8, 4) is 11.3 Å². The minimum absolute atomic E-state index is 0.231. The lowest BCUT2D eigenvalue weighted by atomic mass is 10.1. The highest BCUT2D eigenvalue weighted by Gasteiger charge is 2.20. The van der Waals surface area contributed by atoms with Gasteiger partial charge in [0.05, 0.1) is 11.4 Å². The van der Waals surface area contributed by atoms with Crippen molar-refractivity contribution in [2.45, 2.75) is 0 Å². The molecule has 3 rings (SSSR count). The lowest BCUT2D eigenvalue weighted by Gasteiger charge is -2.08. The quantitative estimate of drug-likeness (QED) is 0.393. The van der Waals surface area contributed by atoms with E-state index >= 15 is 0 Å². The van der Waals surface area contributed by atoms with Gasteiger partial charge in [-0.25, -0.2) is 4.98 Å². The molecule has 0 aliphatic heterocycles. The van der Waals surface area contributed by atoms with Gasteiger partial charge in [-0.15, -0.1) is 0 Å². The number of halogens is 2. The number of pyridine rings is 1. The Morgan fingerprint density at radius 3 is 2.42 bits per heavy atom. The molecule has 0 spiro atoms. The van der Waals surface area contributed by atoms with Crippen molar-refractivity contribution >= 4 is 35.3 Å². The van der Waals surface area contributed by atoms with Crippen molar-refractivity contribution in [3.63, 3.8) is 0 Å². The third-order valence-corrected chi connectivity index (χ3v) is 4.20. The van der Waals surface area contributed by atoms with E-state index in [1.807, 2.05) is 12.1 Å². The van der Waals surface area contributed by atoms with E-state index in [0.717, 1.165) is 11.8 Å². The summed E-state index contributed by atoms with van der Waals surface area (Å²) in [7, 11) is 1.74. The summed E-state index contributed by atoms with van der Waals surface area (Å²) < 4.78 is 1.70. The predicted molar refractivity (Wildman–Crippen MR) is 93.9 cm³/mol. The first-order chi connectivity index (χ1) is 11.5. The van der Waals surface area contributed by atoms with Gasteiger partial charge in [0.1, 0.15) is 5.15 Å². The molecule has 0 radical (unpaired) electrons. The molecule has 0 saturated carbocycles. The number of benzene rings is 1. The van der Waals surface area contributed by atoms with E-state index in [9.17, 15) is 9.59 Å². The Kier molecular flexibility index (Phi) is 4.51. The molecule has 0 fully saturated rings. The molecule has 4 nitrogen and oxygen atoms in total. The lowest BCUT2D eigenvalue weighted by Crippen LogP contribution is -2.08. The van der Waals surface area contributed by atoms with Gasteiger partial charge in [0.25, 0.3) is 0 Å². The van der Waals surface area contributed by atoms with Gasteiger partial charge in [0.15, 0.2) is 6.29 Å². The van der Waals surface area contributed by atoms with E-state index < -0.39 is 0 Å². The molecule has 0 unspecified atom stereocenters. The first-order valence-corrected chi connectivity index (χ1v) is 7.84. The van der Waals surface area contributed by atoms with E-state index in [0.29, 0.717) is 32.7 Å². The summed E-state index contributed by atoms with van der Waals surface area (Å²) in [5.41, 5.74) is 2.69. The summed E-state index contributed by atoms with van der Waals surface area (Å²) in [5.74, 6) is -0.231. The van der Waals surface area contributed by atoms with Crippen LogP contribution in [0.4, 0.5) is 0 Å².